The number of likely N-dealkylation sites (tertiary alicyclic amines) is 2. The van der Waals surface area contributed by atoms with Crippen molar-refractivity contribution in [1.82, 2.24) is 20.1 Å². The van der Waals surface area contributed by atoms with Gasteiger partial charge in [-0.05, 0) is 81.5 Å². The van der Waals surface area contributed by atoms with E-state index in [1.807, 2.05) is 24.3 Å². The minimum Gasteiger partial charge on any atom is -0.493 e. The van der Waals surface area contributed by atoms with Crippen LogP contribution in [0, 0.1) is 17.8 Å². The molecule has 5 rings (SSSR count). The number of nitrogens with one attached hydrogen (secondary N) is 2. The summed E-state index contributed by atoms with van der Waals surface area (Å²) in [5.41, 5.74) is 1.59. The summed E-state index contributed by atoms with van der Waals surface area (Å²) in [5, 5.41) is 4.29. The summed E-state index contributed by atoms with van der Waals surface area (Å²) in [5.74, 6) is 3.20. The summed E-state index contributed by atoms with van der Waals surface area (Å²) in [6.45, 7) is 13.7. The van der Waals surface area contributed by atoms with Crippen molar-refractivity contribution in [3.05, 3.63) is 30.0 Å². The van der Waals surface area contributed by atoms with Crippen molar-refractivity contribution in [2.75, 3.05) is 39.3 Å². The van der Waals surface area contributed by atoms with Crippen molar-refractivity contribution in [2.45, 2.75) is 71.4 Å². The zero-order chi connectivity index (χ0) is 24.4. The molecule has 2 aliphatic heterocycles. The van der Waals surface area contributed by atoms with Gasteiger partial charge in [-0.3, -0.25) is 9.69 Å². The van der Waals surface area contributed by atoms with Gasteiger partial charge < -0.3 is 19.9 Å². The Balaban J connectivity index is 1.10. The van der Waals surface area contributed by atoms with Crippen LogP contribution in [-0.4, -0.2) is 72.1 Å². The lowest BCUT2D eigenvalue weighted by Crippen LogP contribution is -2.51. The van der Waals surface area contributed by atoms with Gasteiger partial charge in [0.15, 0.2) is 0 Å². The Morgan fingerprint density at radius 3 is 2.63 bits per heavy atom. The number of carbonyl (C=O) groups excluding carboxylic acids is 1. The summed E-state index contributed by atoms with van der Waals surface area (Å²) < 4.78 is 6.10. The maximum Gasteiger partial charge on any atom is 0.267 e. The number of H-pyrrole nitrogens is 1. The fourth-order valence-electron chi connectivity index (χ4n) is 5.95. The van der Waals surface area contributed by atoms with Crippen LogP contribution in [0.2, 0.25) is 0 Å². The Morgan fingerprint density at radius 2 is 1.91 bits per heavy atom. The molecular weight excluding hydrogens is 436 g/mol. The Hall–Kier alpha value is -2.05. The van der Waals surface area contributed by atoms with Crippen LogP contribution >= 0.6 is 0 Å². The van der Waals surface area contributed by atoms with E-state index in [0.717, 1.165) is 67.6 Å². The van der Waals surface area contributed by atoms with E-state index < -0.39 is 0 Å². The highest BCUT2D eigenvalue weighted by molar-refractivity contribution is 5.99. The topological polar surface area (TPSA) is 60.6 Å². The molecule has 1 aromatic carbocycles. The molecule has 3 fully saturated rings. The van der Waals surface area contributed by atoms with E-state index in [9.17, 15) is 4.79 Å². The Labute approximate surface area is 210 Å². The second-order valence-electron chi connectivity index (χ2n) is 11.6. The molecule has 35 heavy (non-hydrogen) atoms. The monoisotopic (exact) mass is 480 g/mol. The predicted molar refractivity (Wildman–Crippen MR) is 142 cm³/mol. The highest BCUT2D eigenvalue weighted by Gasteiger charge is 2.28. The SMILES string of the molecule is C[C@H]1CCN([C@@H](C)CN2CCC(NC(=O)c3cc4c(OCC5CCC5)cccc4[nH]3)CC2)C[C@@H]1C. The number of hydrogen-bond acceptors (Lipinski definition) is 4. The van der Waals surface area contributed by atoms with Gasteiger partial charge in [0.25, 0.3) is 5.91 Å². The van der Waals surface area contributed by atoms with E-state index in [4.69, 9.17) is 4.74 Å². The van der Waals surface area contributed by atoms with Crippen LogP contribution in [0.15, 0.2) is 24.3 Å². The lowest BCUT2D eigenvalue weighted by atomic mass is 9.86. The zero-order valence-corrected chi connectivity index (χ0v) is 21.9. The molecule has 3 aliphatic rings. The van der Waals surface area contributed by atoms with Crippen LogP contribution in [0.3, 0.4) is 0 Å². The molecule has 6 heteroatoms. The normalized spacial score (nSPS) is 25.9. The fraction of sp³-hybridized carbons (Fsp3) is 0.690. The van der Waals surface area contributed by atoms with Crippen molar-refractivity contribution >= 4 is 16.8 Å². The molecule has 2 N–H and O–H groups in total. The molecule has 192 valence electrons. The number of benzene rings is 1. The first-order chi connectivity index (χ1) is 17.0. The highest BCUT2D eigenvalue weighted by atomic mass is 16.5. The van der Waals surface area contributed by atoms with Gasteiger partial charge in [0.1, 0.15) is 11.4 Å². The third kappa shape index (κ3) is 5.86. The Morgan fingerprint density at radius 1 is 1.11 bits per heavy atom. The van der Waals surface area contributed by atoms with E-state index in [0.29, 0.717) is 17.7 Å². The highest BCUT2D eigenvalue weighted by Crippen LogP contribution is 2.31. The molecule has 6 nitrogen and oxygen atoms in total. The standard InChI is InChI=1S/C29H44N4O2/c1-20-10-15-33(17-21(20)2)22(3)18-32-13-11-24(12-14-32)30-29(34)27-16-25-26(31-27)8-5-9-28(25)35-19-23-6-4-7-23/h5,8-9,16,20-24,31H,4,6-7,10-15,17-19H2,1-3H3,(H,30,34)/t20-,21-,22-/m0/s1. The molecule has 3 atom stereocenters. The number of aromatic amines is 1. The molecule has 2 aromatic rings. The van der Waals surface area contributed by atoms with Gasteiger partial charge in [-0.1, -0.05) is 26.3 Å². The number of ether oxygens (including phenoxy) is 1. The van der Waals surface area contributed by atoms with Crippen LogP contribution in [0.1, 0.15) is 69.8 Å². The first-order valence-electron chi connectivity index (χ1n) is 14.0. The summed E-state index contributed by atoms with van der Waals surface area (Å²) in [4.78, 5) is 21.6. The molecule has 1 saturated carbocycles. The number of aromatic nitrogens is 1. The average molecular weight is 481 g/mol. The molecule has 0 unspecified atom stereocenters. The average Bonchev–Trinajstić information content (AvgIpc) is 3.26. The van der Waals surface area contributed by atoms with Gasteiger partial charge >= 0.3 is 0 Å². The van der Waals surface area contributed by atoms with Gasteiger partial charge in [-0.2, -0.15) is 0 Å². The quantitative estimate of drug-likeness (QED) is 0.564. The number of piperidine rings is 2. The molecular formula is C29H44N4O2. The van der Waals surface area contributed by atoms with E-state index in [1.165, 1.54) is 38.8 Å². The summed E-state index contributed by atoms with van der Waals surface area (Å²) in [6.07, 6.45) is 7.21. The Kier molecular flexibility index (Phi) is 7.68. The fourth-order valence-corrected chi connectivity index (χ4v) is 5.95. The van der Waals surface area contributed by atoms with Crippen molar-refractivity contribution in [3.8, 4) is 5.75 Å². The van der Waals surface area contributed by atoms with Crippen LogP contribution < -0.4 is 10.1 Å². The van der Waals surface area contributed by atoms with E-state index in [-0.39, 0.29) is 11.9 Å². The van der Waals surface area contributed by atoms with E-state index >= 15 is 0 Å². The minimum absolute atomic E-state index is 0.00520. The maximum atomic E-state index is 13.0. The van der Waals surface area contributed by atoms with Gasteiger partial charge in [0, 0.05) is 49.2 Å². The lowest BCUT2D eigenvalue weighted by Gasteiger charge is -2.41. The molecule has 1 aromatic heterocycles. The summed E-state index contributed by atoms with van der Waals surface area (Å²) >= 11 is 0. The van der Waals surface area contributed by atoms with Crippen LogP contribution in [0.5, 0.6) is 5.75 Å². The van der Waals surface area contributed by atoms with Gasteiger partial charge in [0.2, 0.25) is 0 Å². The van der Waals surface area contributed by atoms with Gasteiger partial charge in [-0.15, -0.1) is 0 Å². The van der Waals surface area contributed by atoms with Crippen molar-refractivity contribution in [3.63, 3.8) is 0 Å². The largest absolute Gasteiger partial charge is 0.493 e. The molecule has 1 amide bonds. The van der Waals surface area contributed by atoms with E-state index in [2.05, 4.69) is 40.9 Å². The first kappa shape index (κ1) is 24.6. The third-order valence-electron chi connectivity index (χ3n) is 9.00. The number of fused-ring (bicyclic) bond motifs is 1. The molecule has 0 radical (unpaired) electrons. The van der Waals surface area contributed by atoms with E-state index in [1.54, 1.807) is 0 Å². The number of nitrogens with zero attached hydrogens (tertiary/aromatic N) is 2. The van der Waals surface area contributed by atoms with Crippen molar-refractivity contribution in [2.24, 2.45) is 17.8 Å². The van der Waals surface area contributed by atoms with Crippen LogP contribution in [-0.2, 0) is 0 Å². The number of rotatable bonds is 8. The number of carbonyl (C=O) groups is 1. The molecule has 0 bridgehead atoms. The maximum absolute atomic E-state index is 13.0. The van der Waals surface area contributed by atoms with Gasteiger partial charge in [0.05, 0.1) is 6.61 Å². The zero-order valence-electron chi connectivity index (χ0n) is 21.9. The second kappa shape index (κ2) is 10.9. The first-order valence-corrected chi connectivity index (χ1v) is 14.0. The molecule has 3 heterocycles. The van der Waals surface area contributed by atoms with Crippen LogP contribution in [0.4, 0.5) is 0 Å². The third-order valence-corrected chi connectivity index (χ3v) is 9.00. The minimum atomic E-state index is -0.00520. The van der Waals surface area contributed by atoms with Gasteiger partial charge in [-0.25, -0.2) is 0 Å². The molecule has 2 saturated heterocycles. The molecule has 0 spiro atoms. The smallest absolute Gasteiger partial charge is 0.267 e. The Bertz CT molecular complexity index is 992. The lowest BCUT2D eigenvalue weighted by molar-refractivity contribution is 0.0704. The van der Waals surface area contributed by atoms with Crippen LogP contribution in [0.25, 0.3) is 10.9 Å². The summed E-state index contributed by atoms with van der Waals surface area (Å²) in [7, 11) is 0. The van der Waals surface area contributed by atoms with Crippen molar-refractivity contribution < 1.29 is 9.53 Å². The number of amides is 1. The molecule has 1 aliphatic carbocycles. The number of hydrogen-bond donors (Lipinski definition) is 2. The second-order valence-corrected chi connectivity index (χ2v) is 11.6. The van der Waals surface area contributed by atoms with Crippen molar-refractivity contribution in [1.29, 1.82) is 0 Å². The predicted octanol–water partition coefficient (Wildman–Crippen LogP) is 4.91. The summed E-state index contributed by atoms with van der Waals surface area (Å²) in [6, 6.07) is 8.83.